The number of unbranched alkanes of at least 4 members (excludes halogenated alkanes) is 1. The standard InChI is InChI=1S/C17H26O2/c1-2-3-9-15-10-11-17(18)16(15)13-19-12-14-7-5-4-6-8-14/h4-8,15-18H,2-3,9-13H2,1H3/t15-,16+,17+/m0/s1. The van der Waals surface area contributed by atoms with Crippen LogP contribution in [0.4, 0.5) is 0 Å². The number of rotatable bonds is 7. The Morgan fingerprint density at radius 2 is 2.00 bits per heavy atom. The van der Waals surface area contributed by atoms with Crippen LogP contribution < -0.4 is 0 Å². The van der Waals surface area contributed by atoms with E-state index in [1.54, 1.807) is 0 Å². The third-order valence-corrected chi connectivity index (χ3v) is 4.28. The normalized spacial score (nSPS) is 26.7. The zero-order valence-electron chi connectivity index (χ0n) is 11.9. The average Bonchev–Trinajstić information content (AvgIpc) is 2.79. The van der Waals surface area contributed by atoms with Crippen LogP contribution in [0.25, 0.3) is 0 Å². The van der Waals surface area contributed by atoms with Crippen LogP contribution in [0, 0.1) is 11.8 Å². The number of hydrogen-bond donors (Lipinski definition) is 1. The molecule has 0 aliphatic heterocycles. The quantitative estimate of drug-likeness (QED) is 0.810. The molecule has 1 N–H and O–H groups in total. The molecule has 1 aromatic rings. The highest BCUT2D eigenvalue weighted by Crippen LogP contribution is 2.35. The largest absolute Gasteiger partial charge is 0.393 e. The van der Waals surface area contributed by atoms with Crippen LogP contribution in [-0.2, 0) is 11.3 Å². The van der Waals surface area contributed by atoms with Gasteiger partial charge in [-0.2, -0.15) is 0 Å². The molecule has 1 aromatic carbocycles. The van der Waals surface area contributed by atoms with Gasteiger partial charge in [0, 0.05) is 5.92 Å². The van der Waals surface area contributed by atoms with Gasteiger partial charge < -0.3 is 9.84 Å². The SMILES string of the molecule is CCCC[C@H]1CC[C@@H](O)[C@@H]1COCc1ccccc1. The zero-order valence-corrected chi connectivity index (χ0v) is 11.9. The minimum Gasteiger partial charge on any atom is -0.393 e. The maximum atomic E-state index is 10.1. The van der Waals surface area contributed by atoms with Gasteiger partial charge in [-0.1, -0.05) is 56.5 Å². The van der Waals surface area contributed by atoms with Crippen LogP contribution >= 0.6 is 0 Å². The van der Waals surface area contributed by atoms with Crippen molar-refractivity contribution in [3.05, 3.63) is 35.9 Å². The first kappa shape index (κ1) is 14.5. The summed E-state index contributed by atoms with van der Waals surface area (Å²) >= 11 is 0. The van der Waals surface area contributed by atoms with Gasteiger partial charge in [-0.15, -0.1) is 0 Å². The van der Waals surface area contributed by atoms with Crippen molar-refractivity contribution in [1.82, 2.24) is 0 Å². The highest BCUT2D eigenvalue weighted by Gasteiger charge is 2.34. The third-order valence-electron chi connectivity index (χ3n) is 4.28. The average molecular weight is 262 g/mol. The molecule has 0 amide bonds. The predicted molar refractivity (Wildman–Crippen MR) is 77.8 cm³/mol. The van der Waals surface area contributed by atoms with Gasteiger partial charge in [-0.25, -0.2) is 0 Å². The lowest BCUT2D eigenvalue weighted by molar-refractivity contribution is 0.0199. The number of hydrogen-bond acceptors (Lipinski definition) is 2. The van der Waals surface area contributed by atoms with Crippen LogP contribution in [0.15, 0.2) is 30.3 Å². The Labute approximate surface area is 116 Å². The van der Waals surface area contributed by atoms with E-state index in [1.807, 2.05) is 18.2 Å². The van der Waals surface area contributed by atoms with Crippen LogP contribution in [-0.4, -0.2) is 17.8 Å². The number of aliphatic hydroxyl groups is 1. The van der Waals surface area contributed by atoms with E-state index >= 15 is 0 Å². The lowest BCUT2D eigenvalue weighted by Gasteiger charge is -2.22. The van der Waals surface area contributed by atoms with Gasteiger partial charge in [-0.05, 0) is 24.3 Å². The van der Waals surface area contributed by atoms with Gasteiger partial charge in [0.05, 0.1) is 19.3 Å². The summed E-state index contributed by atoms with van der Waals surface area (Å²) in [5.41, 5.74) is 1.21. The molecule has 2 nitrogen and oxygen atoms in total. The third kappa shape index (κ3) is 4.32. The van der Waals surface area contributed by atoms with Crippen molar-refractivity contribution < 1.29 is 9.84 Å². The highest BCUT2D eigenvalue weighted by molar-refractivity contribution is 5.13. The number of ether oxygens (including phenoxy) is 1. The fraction of sp³-hybridized carbons (Fsp3) is 0.647. The van der Waals surface area contributed by atoms with Gasteiger partial charge in [0.1, 0.15) is 0 Å². The summed E-state index contributed by atoms with van der Waals surface area (Å²) in [4.78, 5) is 0. The van der Waals surface area contributed by atoms with E-state index < -0.39 is 0 Å². The molecule has 1 aliphatic carbocycles. The molecule has 2 heteroatoms. The smallest absolute Gasteiger partial charge is 0.0717 e. The summed E-state index contributed by atoms with van der Waals surface area (Å²) < 4.78 is 5.82. The monoisotopic (exact) mass is 262 g/mol. The first-order valence-corrected chi connectivity index (χ1v) is 7.61. The molecule has 0 heterocycles. The minimum atomic E-state index is -0.155. The van der Waals surface area contributed by atoms with E-state index in [0.29, 0.717) is 25.0 Å². The van der Waals surface area contributed by atoms with E-state index in [9.17, 15) is 5.11 Å². The Bertz CT molecular complexity index is 350. The highest BCUT2D eigenvalue weighted by atomic mass is 16.5. The molecule has 0 radical (unpaired) electrons. The first-order valence-electron chi connectivity index (χ1n) is 7.61. The Balaban J connectivity index is 1.76. The lowest BCUT2D eigenvalue weighted by atomic mass is 9.91. The summed E-state index contributed by atoms with van der Waals surface area (Å²) in [7, 11) is 0. The summed E-state index contributed by atoms with van der Waals surface area (Å²) in [6.45, 7) is 3.58. The van der Waals surface area contributed by atoms with Crippen molar-refractivity contribution in [2.24, 2.45) is 11.8 Å². The Morgan fingerprint density at radius 3 is 2.74 bits per heavy atom. The van der Waals surface area contributed by atoms with Crippen LogP contribution in [0.1, 0.15) is 44.6 Å². The van der Waals surface area contributed by atoms with Crippen molar-refractivity contribution in [3.63, 3.8) is 0 Å². The maximum absolute atomic E-state index is 10.1. The molecule has 2 rings (SSSR count). The Hall–Kier alpha value is -0.860. The van der Waals surface area contributed by atoms with E-state index in [-0.39, 0.29) is 6.10 Å². The summed E-state index contributed by atoms with van der Waals surface area (Å²) in [5.74, 6) is 1.00. The topological polar surface area (TPSA) is 29.5 Å². The molecule has 0 saturated heterocycles. The fourth-order valence-electron chi connectivity index (χ4n) is 3.09. The van der Waals surface area contributed by atoms with E-state index in [4.69, 9.17) is 4.74 Å². The molecule has 1 saturated carbocycles. The second-order valence-corrected chi connectivity index (χ2v) is 5.71. The van der Waals surface area contributed by atoms with Crippen molar-refractivity contribution in [1.29, 1.82) is 0 Å². The zero-order chi connectivity index (χ0) is 13.5. The summed E-state index contributed by atoms with van der Waals surface area (Å²) in [6, 6.07) is 10.3. The van der Waals surface area contributed by atoms with E-state index in [0.717, 1.165) is 6.42 Å². The molecule has 1 fully saturated rings. The van der Waals surface area contributed by atoms with Gasteiger partial charge in [0.25, 0.3) is 0 Å². The van der Waals surface area contributed by atoms with Crippen molar-refractivity contribution in [2.45, 2.75) is 51.7 Å². The molecule has 0 spiro atoms. The van der Waals surface area contributed by atoms with Crippen LogP contribution in [0.2, 0.25) is 0 Å². The lowest BCUT2D eigenvalue weighted by Crippen LogP contribution is -2.24. The molecule has 0 bridgehead atoms. The second-order valence-electron chi connectivity index (χ2n) is 5.71. The minimum absolute atomic E-state index is 0.155. The molecule has 3 atom stereocenters. The second kappa shape index (κ2) is 7.66. The summed E-state index contributed by atoms with van der Waals surface area (Å²) in [6.07, 6.45) is 5.72. The molecule has 19 heavy (non-hydrogen) atoms. The molecule has 0 unspecified atom stereocenters. The molecular weight excluding hydrogens is 236 g/mol. The molecule has 106 valence electrons. The van der Waals surface area contributed by atoms with Gasteiger partial charge in [0.2, 0.25) is 0 Å². The van der Waals surface area contributed by atoms with Crippen LogP contribution in [0.5, 0.6) is 0 Å². The number of benzene rings is 1. The van der Waals surface area contributed by atoms with Crippen molar-refractivity contribution in [3.8, 4) is 0 Å². The summed E-state index contributed by atoms with van der Waals surface area (Å²) in [5, 5.41) is 10.1. The molecule has 1 aliphatic rings. The van der Waals surface area contributed by atoms with Gasteiger partial charge in [0.15, 0.2) is 0 Å². The van der Waals surface area contributed by atoms with E-state index in [2.05, 4.69) is 19.1 Å². The fourth-order valence-corrected chi connectivity index (χ4v) is 3.09. The molecular formula is C17H26O2. The van der Waals surface area contributed by atoms with Crippen molar-refractivity contribution >= 4 is 0 Å². The van der Waals surface area contributed by atoms with Gasteiger partial charge >= 0.3 is 0 Å². The molecule has 0 aromatic heterocycles. The van der Waals surface area contributed by atoms with Crippen molar-refractivity contribution in [2.75, 3.05) is 6.61 Å². The first-order chi connectivity index (χ1) is 9.31. The van der Waals surface area contributed by atoms with Crippen LogP contribution in [0.3, 0.4) is 0 Å². The maximum Gasteiger partial charge on any atom is 0.0717 e. The van der Waals surface area contributed by atoms with Gasteiger partial charge in [-0.3, -0.25) is 0 Å². The Morgan fingerprint density at radius 1 is 1.21 bits per heavy atom. The Kier molecular flexibility index (Phi) is 5.87. The number of aliphatic hydroxyl groups excluding tert-OH is 1. The predicted octanol–water partition coefficient (Wildman–Crippen LogP) is 3.78. The van der Waals surface area contributed by atoms with E-state index in [1.165, 1.54) is 31.2 Å².